The summed E-state index contributed by atoms with van der Waals surface area (Å²) in [5.74, 6) is 0.511. The molecule has 1 aliphatic rings. The Morgan fingerprint density at radius 2 is 2.00 bits per heavy atom. The molecule has 9 heteroatoms. The van der Waals surface area contributed by atoms with Crippen molar-refractivity contribution >= 4 is 33.3 Å². The molecule has 0 N–H and O–H groups in total. The highest BCUT2D eigenvalue weighted by molar-refractivity contribution is 7.99. The van der Waals surface area contributed by atoms with Crippen molar-refractivity contribution in [1.82, 2.24) is 10.2 Å². The molecule has 0 saturated heterocycles. The fourth-order valence-electron chi connectivity index (χ4n) is 3.48. The van der Waals surface area contributed by atoms with E-state index in [0.29, 0.717) is 28.9 Å². The number of carbonyl (C=O) groups is 1. The van der Waals surface area contributed by atoms with Gasteiger partial charge >= 0.3 is 0 Å². The van der Waals surface area contributed by atoms with Gasteiger partial charge in [0.1, 0.15) is 0 Å². The van der Waals surface area contributed by atoms with Crippen molar-refractivity contribution in [1.29, 1.82) is 0 Å². The molecule has 4 rings (SSSR count). The molecule has 0 saturated carbocycles. The minimum Gasteiger partial charge on any atom is -0.411 e. The summed E-state index contributed by atoms with van der Waals surface area (Å²) in [5.41, 5.74) is 3.99. The molecule has 1 aliphatic heterocycles. The summed E-state index contributed by atoms with van der Waals surface area (Å²) in [6.45, 7) is 2.44. The van der Waals surface area contributed by atoms with Crippen molar-refractivity contribution in [2.45, 2.75) is 25.0 Å². The second-order valence-corrected chi connectivity index (χ2v) is 10.0. The topological polar surface area (TPSA) is 93.4 Å². The Hall–Kier alpha value is -2.65. The third kappa shape index (κ3) is 4.27. The van der Waals surface area contributed by atoms with Crippen LogP contribution in [0.3, 0.4) is 0 Å². The number of sulfonamides is 1. The van der Waals surface area contributed by atoms with Gasteiger partial charge in [-0.25, -0.2) is 8.42 Å². The lowest BCUT2D eigenvalue weighted by Crippen LogP contribution is -2.34. The predicted molar refractivity (Wildman–Crippen MR) is 116 cm³/mol. The Morgan fingerprint density at radius 3 is 2.77 bits per heavy atom. The molecule has 2 heterocycles. The first-order valence-electron chi connectivity index (χ1n) is 9.49. The van der Waals surface area contributed by atoms with Crippen molar-refractivity contribution < 1.29 is 17.6 Å². The van der Waals surface area contributed by atoms with Gasteiger partial charge in [0.25, 0.3) is 5.22 Å². The number of ketones is 1. The third-order valence-electron chi connectivity index (χ3n) is 4.99. The number of Topliss-reactive ketones (excluding diaryl/α,β-unsaturated/α-hetero) is 1. The molecular weight excluding hydrogens is 422 g/mol. The minimum atomic E-state index is -3.33. The SMILES string of the molecule is Cc1ccccc1-c1nnc(SCC(=O)c2ccc3c(c2)CCCN3S(C)(=O)=O)o1. The van der Waals surface area contributed by atoms with Gasteiger partial charge in [-0.1, -0.05) is 30.0 Å². The number of benzene rings is 2. The number of aryl methyl sites for hydroxylation is 2. The Morgan fingerprint density at radius 1 is 1.20 bits per heavy atom. The molecule has 0 radical (unpaired) electrons. The van der Waals surface area contributed by atoms with E-state index < -0.39 is 10.0 Å². The summed E-state index contributed by atoms with van der Waals surface area (Å²) in [6.07, 6.45) is 2.68. The molecule has 0 spiro atoms. The molecule has 0 amide bonds. The van der Waals surface area contributed by atoms with E-state index in [-0.39, 0.29) is 11.5 Å². The van der Waals surface area contributed by atoms with Crippen LogP contribution in [0.4, 0.5) is 5.69 Å². The van der Waals surface area contributed by atoms with Gasteiger partial charge < -0.3 is 4.42 Å². The molecule has 2 aromatic carbocycles. The monoisotopic (exact) mass is 443 g/mol. The normalized spacial score (nSPS) is 13.9. The van der Waals surface area contributed by atoms with Crippen LogP contribution in [0.2, 0.25) is 0 Å². The lowest BCUT2D eigenvalue weighted by molar-refractivity contribution is 0.102. The van der Waals surface area contributed by atoms with Gasteiger partial charge in [-0.3, -0.25) is 9.10 Å². The molecule has 0 fully saturated rings. The van der Waals surface area contributed by atoms with E-state index in [1.54, 1.807) is 18.2 Å². The predicted octanol–water partition coefficient (Wildman–Crippen LogP) is 3.73. The highest BCUT2D eigenvalue weighted by Gasteiger charge is 2.24. The molecule has 0 aliphatic carbocycles. The fourth-order valence-corrected chi connectivity index (χ4v) is 5.13. The summed E-state index contributed by atoms with van der Waals surface area (Å²) < 4.78 is 31.1. The van der Waals surface area contributed by atoms with Crippen LogP contribution in [0.1, 0.15) is 27.9 Å². The zero-order valence-corrected chi connectivity index (χ0v) is 18.3. The second-order valence-electron chi connectivity index (χ2n) is 7.18. The van der Waals surface area contributed by atoms with Gasteiger partial charge in [-0.2, -0.15) is 0 Å². The van der Waals surface area contributed by atoms with Crippen molar-refractivity contribution in [3.05, 3.63) is 59.2 Å². The van der Waals surface area contributed by atoms with E-state index in [1.807, 2.05) is 31.2 Å². The van der Waals surface area contributed by atoms with Crippen molar-refractivity contribution in [2.75, 3.05) is 22.9 Å². The summed E-state index contributed by atoms with van der Waals surface area (Å²) in [5, 5.41) is 8.44. The molecule has 0 bridgehead atoms. The number of rotatable bonds is 6. The quantitative estimate of drug-likeness (QED) is 0.423. The number of carbonyl (C=O) groups excluding carboxylic acids is 1. The van der Waals surface area contributed by atoms with Crippen molar-refractivity contribution in [3.63, 3.8) is 0 Å². The van der Waals surface area contributed by atoms with Crippen LogP contribution in [0.5, 0.6) is 0 Å². The zero-order valence-electron chi connectivity index (χ0n) is 16.7. The molecule has 3 aromatic rings. The number of fused-ring (bicyclic) bond motifs is 1. The van der Waals surface area contributed by atoms with E-state index in [9.17, 15) is 13.2 Å². The first-order valence-corrected chi connectivity index (χ1v) is 12.3. The third-order valence-corrected chi connectivity index (χ3v) is 6.98. The molecule has 1 aromatic heterocycles. The minimum absolute atomic E-state index is 0.0741. The number of aromatic nitrogens is 2. The average Bonchev–Trinajstić information content (AvgIpc) is 3.19. The smallest absolute Gasteiger partial charge is 0.277 e. The standard InChI is InChI=1S/C21H21N3O4S2/c1-14-6-3-4-8-17(14)20-22-23-21(28-20)29-13-19(25)16-9-10-18-15(12-16)7-5-11-24(18)30(2,26)27/h3-4,6,8-10,12H,5,7,11,13H2,1-2H3. The molecule has 7 nitrogen and oxygen atoms in total. The van der Waals surface area contributed by atoms with Gasteiger partial charge in [0.05, 0.1) is 17.7 Å². The van der Waals surface area contributed by atoms with Crippen LogP contribution < -0.4 is 4.31 Å². The summed E-state index contributed by atoms with van der Waals surface area (Å²) in [4.78, 5) is 12.7. The number of hydrogen-bond donors (Lipinski definition) is 0. The van der Waals surface area contributed by atoms with E-state index in [4.69, 9.17) is 4.42 Å². The average molecular weight is 444 g/mol. The Bertz CT molecular complexity index is 1200. The number of thioether (sulfide) groups is 1. The Balaban J connectivity index is 1.46. The van der Waals surface area contributed by atoms with Gasteiger partial charge in [-0.15, -0.1) is 10.2 Å². The molecule has 30 heavy (non-hydrogen) atoms. The van der Waals surface area contributed by atoms with E-state index in [1.165, 1.54) is 22.3 Å². The molecule has 0 unspecified atom stereocenters. The number of anilines is 1. The molecule has 156 valence electrons. The van der Waals surface area contributed by atoms with Crippen LogP contribution in [0, 0.1) is 6.92 Å². The maximum atomic E-state index is 12.7. The van der Waals surface area contributed by atoms with Crippen LogP contribution in [-0.4, -0.2) is 43.0 Å². The summed E-state index contributed by atoms with van der Waals surface area (Å²) in [7, 11) is -3.33. The number of nitrogens with zero attached hydrogens (tertiary/aromatic N) is 3. The van der Waals surface area contributed by atoms with Gasteiger partial charge in [0, 0.05) is 17.7 Å². The van der Waals surface area contributed by atoms with Crippen LogP contribution in [0.25, 0.3) is 11.5 Å². The van der Waals surface area contributed by atoms with Gasteiger partial charge in [-0.05, 0) is 55.2 Å². The first-order chi connectivity index (χ1) is 14.3. The first kappa shape index (κ1) is 20.6. The van der Waals surface area contributed by atoms with E-state index in [2.05, 4.69) is 10.2 Å². The van der Waals surface area contributed by atoms with E-state index >= 15 is 0 Å². The largest absolute Gasteiger partial charge is 0.411 e. The van der Waals surface area contributed by atoms with Crippen LogP contribution in [0.15, 0.2) is 52.1 Å². The lowest BCUT2D eigenvalue weighted by Gasteiger charge is -2.29. The van der Waals surface area contributed by atoms with Gasteiger partial charge in [0.2, 0.25) is 15.9 Å². The van der Waals surface area contributed by atoms with Crippen molar-refractivity contribution in [3.8, 4) is 11.5 Å². The van der Waals surface area contributed by atoms with Crippen LogP contribution >= 0.6 is 11.8 Å². The zero-order chi connectivity index (χ0) is 21.3. The Labute approximate surface area is 179 Å². The van der Waals surface area contributed by atoms with Crippen LogP contribution in [-0.2, 0) is 16.4 Å². The summed E-state index contributed by atoms with van der Waals surface area (Å²) >= 11 is 1.19. The highest BCUT2D eigenvalue weighted by atomic mass is 32.2. The maximum absolute atomic E-state index is 12.7. The summed E-state index contributed by atoms with van der Waals surface area (Å²) in [6, 6.07) is 12.9. The fraction of sp³-hybridized carbons (Fsp3) is 0.286. The maximum Gasteiger partial charge on any atom is 0.277 e. The van der Waals surface area contributed by atoms with Crippen molar-refractivity contribution in [2.24, 2.45) is 0 Å². The highest BCUT2D eigenvalue weighted by Crippen LogP contribution is 2.31. The van der Waals surface area contributed by atoms with E-state index in [0.717, 1.165) is 29.5 Å². The lowest BCUT2D eigenvalue weighted by atomic mass is 9.99. The molecular formula is C21H21N3O4S2. The van der Waals surface area contributed by atoms with Gasteiger partial charge in [0.15, 0.2) is 5.78 Å². The molecule has 0 atom stereocenters. The Kier molecular flexibility index (Phi) is 5.66. The second kappa shape index (κ2) is 8.23. The number of hydrogen-bond acceptors (Lipinski definition) is 7.